The van der Waals surface area contributed by atoms with Crippen LogP contribution in [0, 0.1) is 0 Å². The minimum atomic E-state index is -0.956. The fourth-order valence-corrected chi connectivity index (χ4v) is 2.46. The normalized spacial score (nSPS) is 10.8. The van der Waals surface area contributed by atoms with Crippen molar-refractivity contribution in [2.45, 2.75) is 6.92 Å². The van der Waals surface area contributed by atoms with Crippen molar-refractivity contribution in [1.82, 2.24) is 10.4 Å². The number of hydrogen-bond donors (Lipinski definition) is 3. The molecule has 0 unspecified atom stereocenters. The lowest BCUT2D eigenvalue weighted by Gasteiger charge is -2.06. The number of amides is 2. The van der Waals surface area contributed by atoms with Crippen LogP contribution in [-0.2, 0) is 9.59 Å². The topological polar surface area (TPSA) is 113 Å². The van der Waals surface area contributed by atoms with Gasteiger partial charge in [0.25, 0.3) is 5.56 Å². The minimum Gasteiger partial charge on any atom is -0.494 e. The predicted molar refractivity (Wildman–Crippen MR) is 107 cm³/mol. The molecule has 8 nitrogen and oxygen atoms in total. The van der Waals surface area contributed by atoms with Crippen molar-refractivity contribution < 1.29 is 14.3 Å². The van der Waals surface area contributed by atoms with Gasteiger partial charge in [-0.3, -0.25) is 14.4 Å². The molecule has 0 spiro atoms. The molecule has 1 heterocycles. The number of nitrogens with zero attached hydrogens (tertiary/aromatic N) is 1. The third kappa shape index (κ3) is 4.61. The van der Waals surface area contributed by atoms with Crippen LogP contribution >= 0.6 is 0 Å². The van der Waals surface area contributed by atoms with E-state index in [0.717, 1.165) is 5.39 Å². The molecule has 0 bridgehead atoms. The molecule has 0 atom stereocenters. The average molecular weight is 378 g/mol. The van der Waals surface area contributed by atoms with E-state index < -0.39 is 11.8 Å². The number of fused-ring (bicyclic) bond motifs is 1. The zero-order valence-electron chi connectivity index (χ0n) is 15.1. The molecule has 0 radical (unpaired) electrons. The summed E-state index contributed by atoms with van der Waals surface area (Å²) in [6.45, 7) is 2.40. The number of hydrazone groups is 1. The van der Waals surface area contributed by atoms with E-state index in [2.05, 4.69) is 20.8 Å². The van der Waals surface area contributed by atoms with Gasteiger partial charge < -0.3 is 15.0 Å². The number of rotatable bonds is 5. The summed E-state index contributed by atoms with van der Waals surface area (Å²) in [6.07, 6.45) is 1.19. The van der Waals surface area contributed by atoms with E-state index in [1.165, 1.54) is 6.21 Å². The summed E-state index contributed by atoms with van der Waals surface area (Å²) in [5.74, 6) is -1.17. The van der Waals surface area contributed by atoms with Crippen LogP contribution in [0.1, 0.15) is 12.5 Å². The standard InChI is InChI=1S/C20H18N4O4/c1-2-28-16-9-7-15(8-10-16)22-19(26)20(27)24-21-12-14-11-13-5-3-4-6-17(13)23-18(14)25/h3-12H,2H2,1H3,(H,22,26)(H,23,25)(H,24,27)/b21-12+. The van der Waals surface area contributed by atoms with Crippen LogP contribution in [0.15, 0.2) is 64.5 Å². The Balaban J connectivity index is 1.60. The number of aromatic amines is 1. The molecule has 0 saturated heterocycles. The van der Waals surface area contributed by atoms with Crippen LogP contribution in [-0.4, -0.2) is 29.6 Å². The quantitative estimate of drug-likeness (QED) is 0.358. The molecule has 3 N–H and O–H groups in total. The van der Waals surface area contributed by atoms with E-state index in [1.807, 2.05) is 25.1 Å². The fraction of sp³-hybridized carbons (Fsp3) is 0.100. The van der Waals surface area contributed by atoms with E-state index in [9.17, 15) is 14.4 Å². The molecule has 28 heavy (non-hydrogen) atoms. The minimum absolute atomic E-state index is 0.255. The van der Waals surface area contributed by atoms with Crippen molar-refractivity contribution in [3.05, 3.63) is 70.5 Å². The first-order chi connectivity index (χ1) is 13.6. The molecule has 0 aliphatic heterocycles. The van der Waals surface area contributed by atoms with Gasteiger partial charge >= 0.3 is 11.8 Å². The lowest BCUT2D eigenvalue weighted by Crippen LogP contribution is -2.32. The van der Waals surface area contributed by atoms with E-state index in [-0.39, 0.29) is 11.1 Å². The molecule has 0 fully saturated rings. The molecule has 2 amide bonds. The van der Waals surface area contributed by atoms with Crippen molar-refractivity contribution in [2.75, 3.05) is 11.9 Å². The number of pyridine rings is 1. The molecule has 1 aromatic heterocycles. The summed E-state index contributed by atoms with van der Waals surface area (Å²) in [6, 6.07) is 15.5. The Labute approximate surface area is 160 Å². The van der Waals surface area contributed by atoms with Gasteiger partial charge in [-0.2, -0.15) is 5.10 Å². The van der Waals surface area contributed by atoms with E-state index in [0.29, 0.717) is 23.6 Å². The van der Waals surface area contributed by atoms with Crippen molar-refractivity contribution in [2.24, 2.45) is 5.10 Å². The number of carbonyl (C=O) groups excluding carboxylic acids is 2. The molecule has 8 heteroatoms. The van der Waals surface area contributed by atoms with Gasteiger partial charge in [-0.25, -0.2) is 5.43 Å². The second-order valence-electron chi connectivity index (χ2n) is 5.75. The molecule has 3 rings (SSSR count). The smallest absolute Gasteiger partial charge is 0.329 e. The lowest BCUT2D eigenvalue weighted by atomic mass is 10.2. The van der Waals surface area contributed by atoms with Crippen molar-refractivity contribution in [3.63, 3.8) is 0 Å². The van der Waals surface area contributed by atoms with Gasteiger partial charge in [0.05, 0.1) is 18.4 Å². The summed E-state index contributed by atoms with van der Waals surface area (Å²) in [5, 5.41) is 6.95. The fourth-order valence-electron chi connectivity index (χ4n) is 2.46. The number of nitrogens with one attached hydrogen (secondary N) is 3. The lowest BCUT2D eigenvalue weighted by molar-refractivity contribution is -0.136. The van der Waals surface area contributed by atoms with E-state index in [4.69, 9.17) is 4.74 Å². The number of hydrogen-bond acceptors (Lipinski definition) is 5. The van der Waals surface area contributed by atoms with Crippen LogP contribution in [0.5, 0.6) is 5.75 Å². The Morgan fingerprint density at radius 1 is 1.11 bits per heavy atom. The third-order valence-electron chi connectivity index (χ3n) is 3.78. The van der Waals surface area contributed by atoms with Crippen molar-refractivity contribution in [3.8, 4) is 5.75 Å². The predicted octanol–water partition coefficient (Wildman–Crippen LogP) is 2.02. The Hall–Kier alpha value is -3.94. The van der Waals surface area contributed by atoms with Crippen molar-refractivity contribution >= 4 is 34.6 Å². The Kier molecular flexibility index (Phi) is 5.81. The highest BCUT2D eigenvalue weighted by Gasteiger charge is 2.13. The molecule has 142 valence electrons. The molecule has 3 aromatic rings. The van der Waals surface area contributed by atoms with Gasteiger partial charge in [0.1, 0.15) is 5.75 Å². The summed E-state index contributed by atoms with van der Waals surface area (Å²) in [7, 11) is 0. The molecular weight excluding hydrogens is 360 g/mol. The maximum atomic E-state index is 12.0. The summed E-state index contributed by atoms with van der Waals surface area (Å²) >= 11 is 0. The largest absolute Gasteiger partial charge is 0.494 e. The number of carbonyl (C=O) groups is 2. The highest BCUT2D eigenvalue weighted by molar-refractivity contribution is 6.39. The van der Waals surface area contributed by atoms with Gasteiger partial charge in [0, 0.05) is 11.2 Å². The molecule has 0 aliphatic carbocycles. The third-order valence-corrected chi connectivity index (χ3v) is 3.78. The monoisotopic (exact) mass is 378 g/mol. The molecule has 0 aliphatic rings. The van der Waals surface area contributed by atoms with Gasteiger partial charge in [-0.05, 0) is 48.7 Å². The van der Waals surface area contributed by atoms with E-state index >= 15 is 0 Å². The van der Waals surface area contributed by atoms with Gasteiger partial charge in [0.15, 0.2) is 0 Å². The van der Waals surface area contributed by atoms with Crippen LogP contribution in [0.25, 0.3) is 10.9 Å². The zero-order chi connectivity index (χ0) is 19.9. The number of benzene rings is 2. The van der Waals surface area contributed by atoms with E-state index in [1.54, 1.807) is 36.4 Å². The second-order valence-corrected chi connectivity index (χ2v) is 5.75. The number of anilines is 1. The zero-order valence-corrected chi connectivity index (χ0v) is 15.1. The molecule has 0 saturated carbocycles. The maximum absolute atomic E-state index is 12.0. The number of para-hydroxylation sites is 1. The summed E-state index contributed by atoms with van der Waals surface area (Å²) < 4.78 is 5.31. The Bertz CT molecular complexity index is 1090. The highest BCUT2D eigenvalue weighted by atomic mass is 16.5. The molecular formula is C20H18N4O4. The summed E-state index contributed by atoms with van der Waals surface area (Å²) in [4.78, 5) is 38.5. The van der Waals surface area contributed by atoms with Gasteiger partial charge in [-0.1, -0.05) is 18.2 Å². The van der Waals surface area contributed by atoms with Gasteiger partial charge in [-0.15, -0.1) is 0 Å². The first-order valence-electron chi connectivity index (χ1n) is 8.56. The average Bonchev–Trinajstić information content (AvgIpc) is 2.70. The first-order valence-corrected chi connectivity index (χ1v) is 8.56. The first kappa shape index (κ1) is 18.8. The highest BCUT2D eigenvalue weighted by Crippen LogP contribution is 2.15. The van der Waals surface area contributed by atoms with Crippen LogP contribution in [0.4, 0.5) is 5.69 Å². The SMILES string of the molecule is CCOc1ccc(NC(=O)C(=O)N/N=C/c2cc3ccccc3[nH]c2=O)cc1. The Morgan fingerprint density at radius 3 is 2.61 bits per heavy atom. The summed E-state index contributed by atoms with van der Waals surface area (Å²) in [5.41, 5.74) is 3.14. The number of aromatic nitrogens is 1. The number of ether oxygens (including phenoxy) is 1. The number of H-pyrrole nitrogens is 1. The maximum Gasteiger partial charge on any atom is 0.329 e. The second kappa shape index (κ2) is 8.63. The van der Waals surface area contributed by atoms with Crippen LogP contribution in [0.2, 0.25) is 0 Å². The Morgan fingerprint density at radius 2 is 1.86 bits per heavy atom. The molecule has 2 aromatic carbocycles. The van der Waals surface area contributed by atoms with Crippen LogP contribution in [0.3, 0.4) is 0 Å². The van der Waals surface area contributed by atoms with Crippen LogP contribution < -0.4 is 21.0 Å². The van der Waals surface area contributed by atoms with Gasteiger partial charge in [0.2, 0.25) is 0 Å². The van der Waals surface area contributed by atoms with Crippen molar-refractivity contribution in [1.29, 1.82) is 0 Å².